The van der Waals surface area contributed by atoms with Gasteiger partial charge < -0.3 is 5.32 Å². The third kappa shape index (κ3) is 2.31. The van der Waals surface area contributed by atoms with Crippen LogP contribution in [0.15, 0.2) is 18.2 Å². The largest absolute Gasteiger partial charge is 0.310 e. The molecular weight excluding hydrogens is 208 g/mol. The van der Waals surface area contributed by atoms with Crippen molar-refractivity contribution in [2.45, 2.75) is 25.3 Å². The van der Waals surface area contributed by atoms with Crippen LogP contribution in [-0.4, -0.2) is 6.54 Å². The van der Waals surface area contributed by atoms with Gasteiger partial charge in [-0.2, -0.15) is 5.26 Å². The van der Waals surface area contributed by atoms with Crippen LogP contribution in [0.4, 0.5) is 0 Å². The van der Waals surface area contributed by atoms with Crippen molar-refractivity contribution in [1.82, 2.24) is 5.32 Å². The number of benzene rings is 1. The predicted octanol–water partition coefficient (Wildman–Crippen LogP) is 3.03. The fourth-order valence-electron chi connectivity index (χ4n) is 1.98. The highest BCUT2D eigenvalue weighted by molar-refractivity contribution is 6.31. The van der Waals surface area contributed by atoms with E-state index in [1.165, 1.54) is 18.4 Å². The first-order chi connectivity index (χ1) is 7.31. The number of hydrogen-bond donors (Lipinski definition) is 1. The molecule has 1 aromatic rings. The van der Waals surface area contributed by atoms with Crippen LogP contribution in [0.5, 0.6) is 0 Å². The molecule has 1 unspecified atom stereocenters. The first kappa shape index (κ1) is 10.5. The van der Waals surface area contributed by atoms with Crippen molar-refractivity contribution in [3.63, 3.8) is 0 Å². The summed E-state index contributed by atoms with van der Waals surface area (Å²) in [6.45, 7) is 1.07. The summed E-state index contributed by atoms with van der Waals surface area (Å²) in [5, 5.41) is 12.8. The highest BCUT2D eigenvalue weighted by Gasteiger charge is 2.15. The van der Waals surface area contributed by atoms with Gasteiger partial charge in [-0.25, -0.2) is 0 Å². The number of nitrogens with zero attached hydrogens (tertiary/aromatic N) is 1. The summed E-state index contributed by atoms with van der Waals surface area (Å²) in [7, 11) is 0. The lowest BCUT2D eigenvalue weighted by Gasteiger charge is -2.24. The molecule has 1 N–H and O–H groups in total. The van der Waals surface area contributed by atoms with Crippen LogP contribution < -0.4 is 5.32 Å². The zero-order chi connectivity index (χ0) is 10.7. The van der Waals surface area contributed by atoms with E-state index >= 15 is 0 Å². The molecule has 0 saturated carbocycles. The Balaban J connectivity index is 2.22. The second-order valence-corrected chi connectivity index (χ2v) is 4.26. The summed E-state index contributed by atoms with van der Waals surface area (Å²) in [6.07, 6.45) is 3.66. The number of nitrogens with one attached hydrogen (secondary N) is 1. The van der Waals surface area contributed by atoms with Gasteiger partial charge in [-0.05, 0) is 37.1 Å². The zero-order valence-electron chi connectivity index (χ0n) is 8.46. The molecule has 1 aromatic carbocycles. The molecule has 2 rings (SSSR count). The van der Waals surface area contributed by atoms with E-state index in [2.05, 4.69) is 11.4 Å². The van der Waals surface area contributed by atoms with Gasteiger partial charge in [-0.15, -0.1) is 0 Å². The van der Waals surface area contributed by atoms with Crippen LogP contribution in [0.2, 0.25) is 5.02 Å². The van der Waals surface area contributed by atoms with Gasteiger partial charge in [0.15, 0.2) is 0 Å². The number of hydrogen-bond acceptors (Lipinski definition) is 2. The van der Waals surface area contributed by atoms with Gasteiger partial charge in [-0.1, -0.05) is 24.1 Å². The van der Waals surface area contributed by atoms with Crippen LogP contribution >= 0.6 is 11.6 Å². The molecule has 2 nitrogen and oxygen atoms in total. The molecular formula is C12H13ClN2. The van der Waals surface area contributed by atoms with E-state index in [4.69, 9.17) is 16.9 Å². The average Bonchev–Trinajstić information content (AvgIpc) is 2.30. The van der Waals surface area contributed by atoms with Crippen molar-refractivity contribution >= 4 is 11.6 Å². The minimum Gasteiger partial charge on any atom is -0.310 e. The monoisotopic (exact) mass is 220 g/mol. The van der Waals surface area contributed by atoms with Crippen molar-refractivity contribution in [1.29, 1.82) is 5.26 Å². The van der Waals surface area contributed by atoms with E-state index in [-0.39, 0.29) is 0 Å². The molecule has 78 valence electrons. The predicted molar refractivity (Wildman–Crippen MR) is 60.8 cm³/mol. The van der Waals surface area contributed by atoms with Crippen LogP contribution in [-0.2, 0) is 0 Å². The molecule has 0 radical (unpaired) electrons. The minimum atomic E-state index is 0.406. The normalized spacial score (nSPS) is 20.9. The minimum absolute atomic E-state index is 0.406. The molecule has 0 aliphatic carbocycles. The molecule has 1 heterocycles. The molecule has 1 aliphatic rings. The Morgan fingerprint density at radius 2 is 2.27 bits per heavy atom. The summed E-state index contributed by atoms with van der Waals surface area (Å²) in [5.74, 6) is 0. The molecule has 0 amide bonds. The van der Waals surface area contributed by atoms with Crippen molar-refractivity contribution in [2.24, 2.45) is 0 Å². The molecule has 0 aromatic heterocycles. The Morgan fingerprint density at radius 1 is 1.40 bits per heavy atom. The number of nitriles is 1. The van der Waals surface area contributed by atoms with Gasteiger partial charge in [0.25, 0.3) is 0 Å². The van der Waals surface area contributed by atoms with Gasteiger partial charge in [0.2, 0.25) is 0 Å². The van der Waals surface area contributed by atoms with E-state index in [0.717, 1.165) is 13.0 Å². The fourth-order valence-corrected chi connectivity index (χ4v) is 2.21. The molecule has 15 heavy (non-hydrogen) atoms. The first-order valence-corrected chi connectivity index (χ1v) is 5.62. The molecule has 0 bridgehead atoms. The molecule has 0 spiro atoms. The Hall–Kier alpha value is -1.04. The number of rotatable bonds is 1. The topological polar surface area (TPSA) is 35.8 Å². The van der Waals surface area contributed by atoms with E-state index in [9.17, 15) is 0 Å². The smallest absolute Gasteiger partial charge is 0.101 e. The van der Waals surface area contributed by atoms with Gasteiger partial charge in [0.1, 0.15) is 6.07 Å². The molecule has 1 fully saturated rings. The molecule has 1 atom stereocenters. The molecule has 3 heteroatoms. The average molecular weight is 221 g/mol. The quantitative estimate of drug-likeness (QED) is 0.790. The maximum absolute atomic E-state index is 8.77. The van der Waals surface area contributed by atoms with E-state index < -0.39 is 0 Å². The summed E-state index contributed by atoms with van der Waals surface area (Å²) in [4.78, 5) is 0. The van der Waals surface area contributed by atoms with E-state index in [1.807, 2.05) is 12.1 Å². The highest BCUT2D eigenvalue weighted by Crippen LogP contribution is 2.26. The van der Waals surface area contributed by atoms with Gasteiger partial charge >= 0.3 is 0 Å². The SMILES string of the molecule is N#Cc1ccc(C2CCCCN2)cc1Cl. The number of halogens is 1. The van der Waals surface area contributed by atoms with Crippen molar-refractivity contribution in [2.75, 3.05) is 6.54 Å². The van der Waals surface area contributed by atoms with Crippen LogP contribution in [0.3, 0.4) is 0 Å². The van der Waals surface area contributed by atoms with Crippen LogP contribution in [0, 0.1) is 11.3 Å². The molecule has 1 saturated heterocycles. The van der Waals surface area contributed by atoms with Crippen molar-refractivity contribution < 1.29 is 0 Å². The third-order valence-corrected chi connectivity index (χ3v) is 3.14. The number of piperidine rings is 1. The highest BCUT2D eigenvalue weighted by atomic mass is 35.5. The van der Waals surface area contributed by atoms with Gasteiger partial charge in [0, 0.05) is 6.04 Å². The lowest BCUT2D eigenvalue weighted by molar-refractivity contribution is 0.412. The summed E-state index contributed by atoms with van der Waals surface area (Å²) in [6, 6.07) is 8.18. The Bertz CT molecular complexity index is 389. The lowest BCUT2D eigenvalue weighted by Crippen LogP contribution is -2.26. The van der Waals surface area contributed by atoms with Gasteiger partial charge in [0.05, 0.1) is 10.6 Å². The summed E-state index contributed by atoms with van der Waals surface area (Å²) < 4.78 is 0. The summed E-state index contributed by atoms with van der Waals surface area (Å²) >= 11 is 6.00. The lowest BCUT2D eigenvalue weighted by atomic mass is 9.97. The Labute approximate surface area is 94.9 Å². The molecule has 1 aliphatic heterocycles. The van der Waals surface area contributed by atoms with Crippen LogP contribution in [0.1, 0.15) is 36.4 Å². The van der Waals surface area contributed by atoms with E-state index in [1.54, 1.807) is 6.07 Å². The second-order valence-electron chi connectivity index (χ2n) is 3.85. The Kier molecular flexibility index (Phi) is 3.25. The van der Waals surface area contributed by atoms with Crippen LogP contribution in [0.25, 0.3) is 0 Å². The summed E-state index contributed by atoms with van der Waals surface area (Å²) in [5.41, 5.74) is 1.75. The standard InChI is InChI=1S/C12H13ClN2/c13-11-7-9(4-5-10(11)8-14)12-3-1-2-6-15-12/h4-5,7,12,15H,1-3,6H2. The zero-order valence-corrected chi connectivity index (χ0v) is 9.22. The maximum Gasteiger partial charge on any atom is 0.101 e. The first-order valence-electron chi connectivity index (χ1n) is 5.24. The van der Waals surface area contributed by atoms with Crippen molar-refractivity contribution in [3.05, 3.63) is 34.3 Å². The van der Waals surface area contributed by atoms with Gasteiger partial charge in [-0.3, -0.25) is 0 Å². The Morgan fingerprint density at radius 3 is 2.87 bits per heavy atom. The third-order valence-electron chi connectivity index (χ3n) is 2.83. The second kappa shape index (κ2) is 4.65. The fraction of sp³-hybridized carbons (Fsp3) is 0.417. The maximum atomic E-state index is 8.77. The van der Waals surface area contributed by atoms with Crippen molar-refractivity contribution in [3.8, 4) is 6.07 Å². The van der Waals surface area contributed by atoms with E-state index in [0.29, 0.717) is 16.6 Å².